The fraction of sp³-hybridized carbons (Fsp3) is 0.375. The Bertz CT molecular complexity index is 741. The fourth-order valence-electron chi connectivity index (χ4n) is 2.27. The van der Waals surface area contributed by atoms with Crippen LogP contribution in [-0.2, 0) is 24.2 Å². The van der Waals surface area contributed by atoms with Crippen molar-refractivity contribution < 1.29 is 27.5 Å². The number of amides is 1. The number of esters is 1. The molecule has 1 N–H and O–H groups in total. The predicted octanol–water partition coefficient (Wildman–Crippen LogP) is 0.555. The van der Waals surface area contributed by atoms with Gasteiger partial charge in [-0.05, 0) is 30.2 Å². The number of hydrogen-bond donors (Lipinski definition) is 1. The summed E-state index contributed by atoms with van der Waals surface area (Å²) in [5.41, 5.74) is 0.756. The minimum absolute atomic E-state index is 0.0670. The average molecular weight is 353 g/mol. The van der Waals surface area contributed by atoms with Gasteiger partial charge in [-0.3, -0.25) is 4.79 Å². The van der Waals surface area contributed by atoms with Crippen LogP contribution in [-0.4, -0.2) is 51.6 Å². The maximum atomic E-state index is 11.6. The van der Waals surface area contributed by atoms with E-state index in [2.05, 4.69) is 5.32 Å². The van der Waals surface area contributed by atoms with Crippen molar-refractivity contribution in [2.75, 3.05) is 25.2 Å². The third kappa shape index (κ3) is 5.69. The summed E-state index contributed by atoms with van der Waals surface area (Å²) in [5, 5.41) is 2.54. The SMILES string of the molecule is COc1cccc(/C=C/C(=O)OCC(=O)NC2CCS(=O)(=O)C2)c1. The van der Waals surface area contributed by atoms with Crippen LogP contribution >= 0.6 is 0 Å². The summed E-state index contributed by atoms with van der Waals surface area (Å²) in [4.78, 5) is 23.2. The van der Waals surface area contributed by atoms with E-state index in [9.17, 15) is 18.0 Å². The van der Waals surface area contributed by atoms with E-state index < -0.39 is 34.4 Å². The Hall–Kier alpha value is -2.35. The Morgan fingerprint density at radius 3 is 2.83 bits per heavy atom. The molecule has 7 nitrogen and oxygen atoms in total. The number of hydrogen-bond acceptors (Lipinski definition) is 6. The minimum Gasteiger partial charge on any atom is -0.497 e. The summed E-state index contributed by atoms with van der Waals surface area (Å²) in [6.45, 7) is -0.447. The number of benzene rings is 1. The Balaban J connectivity index is 1.76. The standard InChI is InChI=1S/C16H19NO6S/c1-22-14-4-2-3-12(9-14)5-6-16(19)23-10-15(18)17-13-7-8-24(20,21)11-13/h2-6,9,13H,7-8,10-11H2,1H3,(H,17,18)/b6-5+. The summed E-state index contributed by atoms with van der Waals surface area (Å²) < 4.78 is 32.5. The first-order chi connectivity index (χ1) is 11.4. The van der Waals surface area contributed by atoms with E-state index in [1.165, 1.54) is 6.08 Å². The van der Waals surface area contributed by atoms with Crippen molar-refractivity contribution in [1.29, 1.82) is 0 Å². The summed E-state index contributed by atoms with van der Waals surface area (Å²) >= 11 is 0. The highest BCUT2D eigenvalue weighted by Gasteiger charge is 2.28. The zero-order chi connectivity index (χ0) is 17.6. The van der Waals surface area contributed by atoms with Gasteiger partial charge in [0, 0.05) is 12.1 Å². The molecule has 1 amide bonds. The molecule has 8 heteroatoms. The second-order valence-electron chi connectivity index (χ2n) is 5.39. The van der Waals surface area contributed by atoms with E-state index in [-0.39, 0.29) is 11.5 Å². The largest absolute Gasteiger partial charge is 0.497 e. The molecule has 0 saturated carbocycles. The van der Waals surface area contributed by atoms with Crippen molar-refractivity contribution >= 4 is 27.8 Å². The molecule has 2 rings (SSSR count). The first-order valence-corrected chi connectivity index (χ1v) is 9.19. The second kappa shape index (κ2) is 7.96. The Morgan fingerprint density at radius 1 is 1.38 bits per heavy atom. The van der Waals surface area contributed by atoms with Gasteiger partial charge in [0.15, 0.2) is 16.4 Å². The van der Waals surface area contributed by atoms with Crippen LogP contribution in [0.4, 0.5) is 0 Å². The number of ether oxygens (including phenoxy) is 2. The molecule has 1 saturated heterocycles. The van der Waals surface area contributed by atoms with Crippen LogP contribution in [0.15, 0.2) is 30.3 Å². The van der Waals surface area contributed by atoms with E-state index >= 15 is 0 Å². The van der Waals surface area contributed by atoms with Crippen LogP contribution < -0.4 is 10.1 Å². The van der Waals surface area contributed by atoms with Gasteiger partial charge in [0.05, 0.1) is 18.6 Å². The van der Waals surface area contributed by atoms with Crippen LogP contribution in [0.5, 0.6) is 5.75 Å². The molecule has 1 aromatic carbocycles. The van der Waals surface area contributed by atoms with Crippen molar-refractivity contribution in [3.05, 3.63) is 35.9 Å². The molecule has 0 bridgehead atoms. The maximum Gasteiger partial charge on any atom is 0.331 e. The molecule has 1 unspecified atom stereocenters. The number of carbonyl (C=O) groups is 2. The van der Waals surface area contributed by atoms with Crippen LogP contribution in [0.25, 0.3) is 6.08 Å². The molecule has 24 heavy (non-hydrogen) atoms. The van der Waals surface area contributed by atoms with Gasteiger partial charge in [-0.15, -0.1) is 0 Å². The highest BCUT2D eigenvalue weighted by atomic mass is 32.2. The van der Waals surface area contributed by atoms with E-state index in [0.29, 0.717) is 12.2 Å². The molecule has 1 aliphatic heterocycles. The summed E-state index contributed by atoms with van der Waals surface area (Å²) in [7, 11) is -1.51. The quantitative estimate of drug-likeness (QED) is 0.592. The number of carbonyl (C=O) groups excluding carboxylic acids is 2. The molecule has 1 aromatic rings. The first-order valence-electron chi connectivity index (χ1n) is 7.36. The van der Waals surface area contributed by atoms with Crippen molar-refractivity contribution in [3.63, 3.8) is 0 Å². The number of sulfone groups is 1. The van der Waals surface area contributed by atoms with Gasteiger partial charge in [-0.25, -0.2) is 13.2 Å². The topological polar surface area (TPSA) is 98.8 Å². The smallest absolute Gasteiger partial charge is 0.331 e. The normalized spacial score (nSPS) is 19.1. The van der Waals surface area contributed by atoms with Crippen LogP contribution in [0.2, 0.25) is 0 Å². The third-order valence-electron chi connectivity index (χ3n) is 3.45. The van der Waals surface area contributed by atoms with Crippen molar-refractivity contribution in [2.24, 2.45) is 0 Å². The number of methoxy groups -OCH3 is 1. The highest BCUT2D eigenvalue weighted by Crippen LogP contribution is 2.13. The lowest BCUT2D eigenvalue weighted by Crippen LogP contribution is -2.38. The van der Waals surface area contributed by atoms with Gasteiger partial charge in [-0.1, -0.05) is 12.1 Å². The van der Waals surface area contributed by atoms with Gasteiger partial charge < -0.3 is 14.8 Å². The minimum atomic E-state index is -3.06. The molecule has 1 heterocycles. The molecule has 1 fully saturated rings. The molecule has 0 radical (unpaired) electrons. The third-order valence-corrected chi connectivity index (χ3v) is 5.22. The Labute approximate surface area is 140 Å². The predicted molar refractivity (Wildman–Crippen MR) is 88.2 cm³/mol. The zero-order valence-corrected chi connectivity index (χ0v) is 14.0. The van der Waals surface area contributed by atoms with Gasteiger partial charge in [0.25, 0.3) is 5.91 Å². The second-order valence-corrected chi connectivity index (χ2v) is 7.61. The number of nitrogens with one attached hydrogen (secondary N) is 1. The summed E-state index contributed by atoms with van der Waals surface area (Å²) in [6.07, 6.45) is 3.14. The molecule has 0 aromatic heterocycles. The lowest BCUT2D eigenvalue weighted by atomic mass is 10.2. The van der Waals surface area contributed by atoms with Crippen LogP contribution in [0, 0.1) is 0 Å². The molecule has 1 aliphatic rings. The summed E-state index contributed by atoms with van der Waals surface area (Å²) in [5.74, 6) is -0.507. The molecule has 0 spiro atoms. The monoisotopic (exact) mass is 353 g/mol. The Kier molecular flexibility index (Phi) is 5.97. The van der Waals surface area contributed by atoms with E-state index in [0.717, 1.165) is 5.56 Å². The Morgan fingerprint density at radius 2 is 2.17 bits per heavy atom. The van der Waals surface area contributed by atoms with Crippen molar-refractivity contribution in [2.45, 2.75) is 12.5 Å². The van der Waals surface area contributed by atoms with E-state index in [1.807, 2.05) is 0 Å². The fourth-order valence-corrected chi connectivity index (χ4v) is 3.95. The lowest BCUT2D eigenvalue weighted by Gasteiger charge is -2.10. The molecule has 0 aliphatic carbocycles. The van der Waals surface area contributed by atoms with Crippen molar-refractivity contribution in [1.82, 2.24) is 5.32 Å². The maximum absolute atomic E-state index is 11.6. The van der Waals surface area contributed by atoms with Crippen molar-refractivity contribution in [3.8, 4) is 5.75 Å². The average Bonchev–Trinajstić information content (AvgIpc) is 2.89. The lowest BCUT2D eigenvalue weighted by molar-refractivity contribution is -0.143. The van der Waals surface area contributed by atoms with Crippen LogP contribution in [0.3, 0.4) is 0 Å². The molecule has 1 atom stereocenters. The number of rotatable bonds is 6. The first kappa shape index (κ1) is 18.0. The van der Waals surface area contributed by atoms with E-state index in [4.69, 9.17) is 9.47 Å². The molecular formula is C16H19NO6S. The van der Waals surface area contributed by atoms with Gasteiger partial charge in [0.1, 0.15) is 5.75 Å². The van der Waals surface area contributed by atoms with E-state index in [1.54, 1.807) is 37.5 Å². The highest BCUT2D eigenvalue weighted by molar-refractivity contribution is 7.91. The van der Waals surface area contributed by atoms with Crippen LogP contribution in [0.1, 0.15) is 12.0 Å². The van der Waals surface area contributed by atoms with Gasteiger partial charge >= 0.3 is 5.97 Å². The summed E-state index contributed by atoms with van der Waals surface area (Å²) in [6, 6.07) is 6.70. The molecular weight excluding hydrogens is 334 g/mol. The van der Waals surface area contributed by atoms with Gasteiger partial charge in [0.2, 0.25) is 0 Å². The zero-order valence-electron chi connectivity index (χ0n) is 13.2. The van der Waals surface area contributed by atoms with Gasteiger partial charge in [-0.2, -0.15) is 0 Å². The molecule has 130 valence electrons.